The fourth-order valence-electron chi connectivity index (χ4n) is 0.811. The van der Waals surface area contributed by atoms with E-state index in [1.54, 1.807) is 6.92 Å². The first-order chi connectivity index (χ1) is 5.94. The van der Waals surface area contributed by atoms with Gasteiger partial charge in [-0.3, -0.25) is 0 Å². The van der Waals surface area contributed by atoms with Crippen LogP contribution in [-0.4, -0.2) is 49.7 Å². The summed E-state index contributed by atoms with van der Waals surface area (Å²) in [6, 6.07) is 0. The minimum Gasteiger partial charge on any atom is -0.395 e. The standard InChI is InChI=1S/C7H16ClNO3S/c1-7(5-8)6-13(11,12)9(2)3-4-10/h7,10H,3-6H2,1-2H3. The van der Waals surface area contributed by atoms with E-state index < -0.39 is 10.0 Å². The Morgan fingerprint density at radius 3 is 2.46 bits per heavy atom. The van der Waals surface area contributed by atoms with Crippen LogP contribution in [0.4, 0.5) is 0 Å². The van der Waals surface area contributed by atoms with E-state index in [9.17, 15) is 8.42 Å². The van der Waals surface area contributed by atoms with E-state index >= 15 is 0 Å². The second kappa shape index (κ2) is 5.80. The number of nitrogens with zero attached hydrogens (tertiary/aromatic N) is 1. The lowest BCUT2D eigenvalue weighted by molar-refractivity contribution is 0.266. The molecule has 80 valence electrons. The van der Waals surface area contributed by atoms with E-state index in [1.165, 1.54) is 7.05 Å². The van der Waals surface area contributed by atoms with Crippen LogP contribution in [0.25, 0.3) is 0 Å². The smallest absolute Gasteiger partial charge is 0.214 e. The average molecular weight is 230 g/mol. The van der Waals surface area contributed by atoms with Gasteiger partial charge in [-0.25, -0.2) is 12.7 Å². The van der Waals surface area contributed by atoms with Crippen molar-refractivity contribution in [1.82, 2.24) is 4.31 Å². The van der Waals surface area contributed by atoms with Crippen molar-refractivity contribution in [3.63, 3.8) is 0 Å². The van der Waals surface area contributed by atoms with Crippen molar-refractivity contribution in [2.75, 3.05) is 31.8 Å². The molecule has 0 saturated carbocycles. The van der Waals surface area contributed by atoms with Crippen LogP contribution in [0.15, 0.2) is 0 Å². The van der Waals surface area contributed by atoms with E-state index in [-0.39, 0.29) is 24.8 Å². The summed E-state index contributed by atoms with van der Waals surface area (Å²) in [4.78, 5) is 0. The van der Waals surface area contributed by atoms with Crippen molar-refractivity contribution in [2.24, 2.45) is 5.92 Å². The lowest BCUT2D eigenvalue weighted by Gasteiger charge is -2.17. The van der Waals surface area contributed by atoms with Gasteiger partial charge in [0.2, 0.25) is 10.0 Å². The van der Waals surface area contributed by atoms with Crippen molar-refractivity contribution in [3.8, 4) is 0 Å². The topological polar surface area (TPSA) is 57.6 Å². The zero-order valence-corrected chi connectivity index (χ0v) is 9.48. The lowest BCUT2D eigenvalue weighted by Crippen LogP contribution is -2.33. The van der Waals surface area contributed by atoms with Crippen LogP contribution in [0.2, 0.25) is 0 Å². The van der Waals surface area contributed by atoms with Crippen molar-refractivity contribution >= 4 is 21.6 Å². The number of halogens is 1. The highest BCUT2D eigenvalue weighted by atomic mass is 35.5. The second-order valence-electron chi connectivity index (χ2n) is 3.08. The Balaban J connectivity index is 4.23. The highest BCUT2D eigenvalue weighted by Gasteiger charge is 2.19. The number of likely N-dealkylation sites (N-methyl/N-ethyl adjacent to an activating group) is 1. The van der Waals surface area contributed by atoms with Crippen LogP contribution < -0.4 is 0 Å². The third kappa shape index (κ3) is 4.81. The molecule has 0 spiro atoms. The number of aliphatic hydroxyl groups excluding tert-OH is 1. The van der Waals surface area contributed by atoms with Gasteiger partial charge in [-0.05, 0) is 5.92 Å². The Hall–Kier alpha value is 0.160. The Kier molecular flexibility index (Phi) is 5.87. The van der Waals surface area contributed by atoms with Crippen LogP contribution in [0.5, 0.6) is 0 Å². The number of sulfonamides is 1. The number of hydrogen-bond acceptors (Lipinski definition) is 3. The van der Waals surface area contributed by atoms with Gasteiger partial charge in [0.05, 0.1) is 12.4 Å². The SMILES string of the molecule is CC(CCl)CS(=O)(=O)N(C)CCO. The molecule has 0 aromatic rings. The normalized spacial score (nSPS) is 14.8. The summed E-state index contributed by atoms with van der Waals surface area (Å²) < 4.78 is 24.0. The summed E-state index contributed by atoms with van der Waals surface area (Å²) in [5.74, 6) is 0.298. The molecule has 0 aliphatic rings. The zero-order valence-electron chi connectivity index (χ0n) is 7.90. The molecule has 0 aliphatic heterocycles. The molecule has 4 nitrogen and oxygen atoms in total. The molecular weight excluding hydrogens is 214 g/mol. The first-order valence-electron chi connectivity index (χ1n) is 4.05. The van der Waals surface area contributed by atoms with Crippen LogP contribution >= 0.6 is 11.6 Å². The minimum atomic E-state index is -3.24. The molecular formula is C7H16ClNO3S. The number of hydrogen-bond donors (Lipinski definition) is 1. The quantitative estimate of drug-likeness (QED) is 0.658. The van der Waals surface area contributed by atoms with E-state index in [1.807, 2.05) is 0 Å². The van der Waals surface area contributed by atoms with E-state index in [4.69, 9.17) is 16.7 Å². The molecule has 0 aromatic carbocycles. The average Bonchev–Trinajstić information content (AvgIpc) is 2.04. The summed E-state index contributed by atoms with van der Waals surface area (Å²) in [6.45, 7) is 1.75. The Labute approximate surface area is 84.5 Å². The second-order valence-corrected chi connectivity index (χ2v) is 5.51. The fraction of sp³-hybridized carbons (Fsp3) is 1.00. The van der Waals surface area contributed by atoms with Gasteiger partial charge in [-0.1, -0.05) is 6.92 Å². The molecule has 6 heteroatoms. The highest BCUT2D eigenvalue weighted by Crippen LogP contribution is 2.06. The van der Waals surface area contributed by atoms with Crippen LogP contribution in [0.1, 0.15) is 6.92 Å². The minimum absolute atomic E-state index is 0.0347. The van der Waals surface area contributed by atoms with E-state index in [0.29, 0.717) is 5.88 Å². The van der Waals surface area contributed by atoms with E-state index in [2.05, 4.69) is 0 Å². The molecule has 0 saturated heterocycles. The summed E-state index contributed by atoms with van der Waals surface area (Å²) in [5.41, 5.74) is 0. The lowest BCUT2D eigenvalue weighted by atomic mass is 10.3. The van der Waals surface area contributed by atoms with Crippen molar-refractivity contribution in [3.05, 3.63) is 0 Å². The first-order valence-corrected chi connectivity index (χ1v) is 6.19. The Bertz CT molecular complexity index is 230. The van der Waals surface area contributed by atoms with Gasteiger partial charge in [-0.15, -0.1) is 11.6 Å². The Morgan fingerprint density at radius 1 is 1.54 bits per heavy atom. The molecule has 0 rings (SSSR count). The molecule has 0 fully saturated rings. The van der Waals surface area contributed by atoms with Gasteiger partial charge in [0.25, 0.3) is 0 Å². The summed E-state index contributed by atoms with van der Waals surface area (Å²) >= 11 is 5.51. The van der Waals surface area contributed by atoms with Crippen LogP contribution in [0, 0.1) is 5.92 Å². The predicted octanol–water partition coefficient (Wildman–Crippen LogP) is 0.115. The third-order valence-electron chi connectivity index (χ3n) is 1.65. The molecule has 1 unspecified atom stereocenters. The largest absolute Gasteiger partial charge is 0.395 e. The summed E-state index contributed by atoms with van der Waals surface area (Å²) in [7, 11) is -1.79. The fourth-order valence-corrected chi connectivity index (χ4v) is 2.50. The number of rotatable bonds is 6. The van der Waals surface area contributed by atoms with Crippen LogP contribution in [-0.2, 0) is 10.0 Å². The number of alkyl halides is 1. The summed E-state index contributed by atoms with van der Waals surface area (Å²) in [6.07, 6.45) is 0. The van der Waals surface area contributed by atoms with E-state index in [0.717, 1.165) is 4.31 Å². The first kappa shape index (κ1) is 13.2. The molecule has 0 aromatic heterocycles. The van der Waals surface area contributed by atoms with Gasteiger partial charge in [0, 0.05) is 19.5 Å². The molecule has 0 bridgehead atoms. The zero-order chi connectivity index (χ0) is 10.5. The molecule has 0 heterocycles. The summed E-state index contributed by atoms with van der Waals surface area (Å²) in [5, 5.41) is 8.56. The highest BCUT2D eigenvalue weighted by molar-refractivity contribution is 7.89. The van der Waals surface area contributed by atoms with Gasteiger partial charge in [0.15, 0.2) is 0 Å². The molecule has 1 atom stereocenters. The monoisotopic (exact) mass is 229 g/mol. The molecule has 0 radical (unpaired) electrons. The van der Waals surface area contributed by atoms with Gasteiger partial charge in [-0.2, -0.15) is 0 Å². The Morgan fingerprint density at radius 2 is 2.08 bits per heavy atom. The number of aliphatic hydroxyl groups is 1. The predicted molar refractivity (Wildman–Crippen MR) is 53.4 cm³/mol. The van der Waals surface area contributed by atoms with Crippen molar-refractivity contribution < 1.29 is 13.5 Å². The van der Waals surface area contributed by atoms with Gasteiger partial charge in [0.1, 0.15) is 0 Å². The maximum atomic E-state index is 11.4. The van der Waals surface area contributed by atoms with Crippen molar-refractivity contribution in [1.29, 1.82) is 0 Å². The molecule has 1 N–H and O–H groups in total. The maximum Gasteiger partial charge on any atom is 0.214 e. The van der Waals surface area contributed by atoms with Crippen molar-refractivity contribution in [2.45, 2.75) is 6.92 Å². The van der Waals surface area contributed by atoms with Gasteiger partial charge < -0.3 is 5.11 Å². The van der Waals surface area contributed by atoms with Gasteiger partial charge >= 0.3 is 0 Å². The molecule has 0 amide bonds. The molecule has 13 heavy (non-hydrogen) atoms. The van der Waals surface area contributed by atoms with Crippen LogP contribution in [0.3, 0.4) is 0 Å². The molecule has 0 aliphatic carbocycles. The third-order valence-corrected chi connectivity index (χ3v) is 4.30. The maximum absolute atomic E-state index is 11.4.